The minimum absolute atomic E-state index is 0.153. The van der Waals surface area contributed by atoms with Gasteiger partial charge < -0.3 is 18.6 Å². The third-order valence-corrected chi connectivity index (χ3v) is 6.21. The summed E-state index contributed by atoms with van der Waals surface area (Å²) < 4.78 is 23.8. The predicted octanol–water partition coefficient (Wildman–Crippen LogP) is 9.56. The second-order valence-electron chi connectivity index (χ2n) is 11.4. The van der Waals surface area contributed by atoms with E-state index in [9.17, 15) is 4.79 Å². The van der Waals surface area contributed by atoms with Crippen LogP contribution >= 0.6 is 0 Å². The predicted molar refractivity (Wildman–Crippen MR) is 159 cm³/mol. The molecule has 0 saturated carbocycles. The van der Waals surface area contributed by atoms with E-state index >= 15 is 0 Å². The van der Waals surface area contributed by atoms with Crippen molar-refractivity contribution in [2.24, 2.45) is 0 Å². The van der Waals surface area contributed by atoms with Gasteiger partial charge in [-0.05, 0) is 79.0 Å². The van der Waals surface area contributed by atoms with Gasteiger partial charge in [-0.3, -0.25) is 0 Å². The maximum Gasteiger partial charge on any atom is 0.383 e. The van der Waals surface area contributed by atoms with Crippen molar-refractivity contribution in [1.29, 1.82) is 0 Å². The normalized spacial score (nSPS) is 12.0. The summed E-state index contributed by atoms with van der Waals surface area (Å²) in [6.07, 6.45) is 15.9. The molecule has 0 fully saturated rings. The third kappa shape index (κ3) is 11.8. The molecular weight excluding hydrogens is 476 g/mol. The van der Waals surface area contributed by atoms with Crippen LogP contribution in [0, 0.1) is 0 Å². The summed E-state index contributed by atoms with van der Waals surface area (Å²) in [6, 6.07) is 5.50. The van der Waals surface area contributed by atoms with Crippen LogP contribution in [0.1, 0.15) is 113 Å². The van der Waals surface area contributed by atoms with Gasteiger partial charge in [-0.2, -0.15) is 0 Å². The molecule has 0 bridgehead atoms. The standard InChI is InChI=1S/C33H50O5/c1-8-9-10-11-12-13-14-15-22-35-31-30(36-23-21-26(4)18-16-17-25(2)3)28-20-19-27(38-33(5,6)7)24-29(28)37-32(31)34/h17,19-21,24H,8-16,18,22-23H2,1-7H3/b26-21+. The Morgan fingerprint density at radius 2 is 1.58 bits per heavy atom. The Morgan fingerprint density at radius 3 is 2.24 bits per heavy atom. The van der Waals surface area contributed by atoms with Crippen molar-refractivity contribution >= 4 is 11.0 Å². The van der Waals surface area contributed by atoms with E-state index in [1.807, 2.05) is 32.9 Å². The number of unbranched alkanes of at least 4 members (excludes halogenated alkanes) is 7. The van der Waals surface area contributed by atoms with E-state index < -0.39 is 5.63 Å². The lowest BCUT2D eigenvalue weighted by Gasteiger charge is -2.21. The van der Waals surface area contributed by atoms with Crippen LogP contribution in [0.5, 0.6) is 17.2 Å². The number of benzene rings is 1. The van der Waals surface area contributed by atoms with Crippen molar-refractivity contribution in [3.8, 4) is 17.2 Å². The molecule has 0 amide bonds. The van der Waals surface area contributed by atoms with E-state index in [0.29, 0.717) is 35.7 Å². The molecule has 0 N–H and O–H groups in total. The fourth-order valence-electron chi connectivity index (χ4n) is 4.19. The number of allylic oxidation sites excluding steroid dienone is 3. The molecule has 1 aromatic heterocycles. The van der Waals surface area contributed by atoms with E-state index in [4.69, 9.17) is 18.6 Å². The maximum absolute atomic E-state index is 13.0. The second-order valence-corrected chi connectivity index (χ2v) is 11.4. The molecular formula is C33H50O5. The summed E-state index contributed by atoms with van der Waals surface area (Å²) in [5, 5.41) is 0.701. The Hall–Kier alpha value is -2.69. The Kier molecular flexibility index (Phi) is 13.5. The fraction of sp³-hybridized carbons (Fsp3) is 0.606. The van der Waals surface area contributed by atoms with E-state index in [-0.39, 0.29) is 11.4 Å². The van der Waals surface area contributed by atoms with E-state index in [0.717, 1.165) is 25.7 Å². The van der Waals surface area contributed by atoms with Crippen molar-refractivity contribution in [2.75, 3.05) is 13.2 Å². The van der Waals surface area contributed by atoms with E-state index in [1.54, 1.807) is 6.07 Å². The molecule has 0 aliphatic rings. The third-order valence-electron chi connectivity index (χ3n) is 6.21. The molecule has 38 heavy (non-hydrogen) atoms. The molecule has 5 nitrogen and oxygen atoms in total. The van der Waals surface area contributed by atoms with Gasteiger partial charge in [-0.25, -0.2) is 4.79 Å². The van der Waals surface area contributed by atoms with Crippen molar-refractivity contribution in [1.82, 2.24) is 0 Å². The minimum atomic E-state index is -0.524. The van der Waals surface area contributed by atoms with Crippen LogP contribution < -0.4 is 19.8 Å². The molecule has 2 aromatic rings. The molecule has 1 aromatic carbocycles. The lowest BCUT2D eigenvalue weighted by atomic mass is 10.1. The van der Waals surface area contributed by atoms with Gasteiger partial charge in [0.25, 0.3) is 0 Å². The summed E-state index contributed by atoms with van der Waals surface area (Å²) in [4.78, 5) is 13.0. The average molecular weight is 527 g/mol. The molecule has 2 rings (SSSR count). The molecule has 0 atom stereocenters. The summed E-state index contributed by atoms with van der Waals surface area (Å²) in [5.74, 6) is 1.23. The largest absolute Gasteiger partial charge is 0.488 e. The Balaban J connectivity index is 2.16. The molecule has 0 unspecified atom stereocenters. The van der Waals surface area contributed by atoms with Crippen LogP contribution in [-0.2, 0) is 0 Å². The summed E-state index contributed by atoms with van der Waals surface area (Å²) >= 11 is 0. The zero-order chi connectivity index (χ0) is 28.0. The summed E-state index contributed by atoms with van der Waals surface area (Å²) in [7, 11) is 0. The van der Waals surface area contributed by atoms with Gasteiger partial charge in [0.15, 0.2) is 5.75 Å². The fourth-order valence-corrected chi connectivity index (χ4v) is 4.19. The van der Waals surface area contributed by atoms with Gasteiger partial charge >= 0.3 is 5.63 Å². The van der Waals surface area contributed by atoms with Crippen LogP contribution in [0.25, 0.3) is 11.0 Å². The van der Waals surface area contributed by atoms with Crippen LogP contribution in [0.3, 0.4) is 0 Å². The Bertz CT molecular complexity index is 1100. The quantitative estimate of drug-likeness (QED) is 0.117. The van der Waals surface area contributed by atoms with Crippen LogP contribution in [0.15, 0.2) is 50.7 Å². The molecule has 1 heterocycles. The van der Waals surface area contributed by atoms with Crippen molar-refractivity contribution in [2.45, 2.75) is 118 Å². The van der Waals surface area contributed by atoms with Crippen LogP contribution in [-0.4, -0.2) is 18.8 Å². The van der Waals surface area contributed by atoms with Crippen LogP contribution in [0.2, 0.25) is 0 Å². The molecule has 5 heteroatoms. The highest BCUT2D eigenvalue weighted by Crippen LogP contribution is 2.35. The Labute approximate surface area is 230 Å². The lowest BCUT2D eigenvalue weighted by molar-refractivity contribution is 0.131. The van der Waals surface area contributed by atoms with Gasteiger partial charge in [0.2, 0.25) is 5.75 Å². The van der Waals surface area contributed by atoms with Crippen molar-refractivity contribution in [3.63, 3.8) is 0 Å². The highest BCUT2D eigenvalue weighted by Gasteiger charge is 2.20. The summed E-state index contributed by atoms with van der Waals surface area (Å²) in [6.45, 7) is 15.3. The minimum Gasteiger partial charge on any atom is -0.488 e. The first-order chi connectivity index (χ1) is 18.1. The number of ether oxygens (including phenoxy) is 3. The van der Waals surface area contributed by atoms with Gasteiger partial charge in [-0.15, -0.1) is 0 Å². The van der Waals surface area contributed by atoms with Crippen molar-refractivity contribution < 1.29 is 18.6 Å². The topological polar surface area (TPSA) is 57.9 Å². The highest BCUT2D eigenvalue weighted by molar-refractivity contribution is 5.86. The van der Waals surface area contributed by atoms with Gasteiger partial charge in [0, 0.05) is 6.07 Å². The molecule has 212 valence electrons. The van der Waals surface area contributed by atoms with Gasteiger partial charge in [0.1, 0.15) is 23.5 Å². The molecule has 0 aliphatic heterocycles. The summed E-state index contributed by atoms with van der Waals surface area (Å²) in [5.41, 5.74) is 2.11. The zero-order valence-electron chi connectivity index (χ0n) is 24.9. The maximum atomic E-state index is 13.0. The first kappa shape index (κ1) is 31.5. The zero-order valence-corrected chi connectivity index (χ0v) is 24.9. The van der Waals surface area contributed by atoms with E-state index in [1.165, 1.54) is 49.7 Å². The molecule has 0 aliphatic carbocycles. The molecule has 0 saturated heterocycles. The van der Waals surface area contributed by atoms with Gasteiger partial charge in [-0.1, -0.05) is 69.1 Å². The van der Waals surface area contributed by atoms with Crippen molar-refractivity contribution in [3.05, 3.63) is 51.9 Å². The lowest BCUT2D eigenvalue weighted by Crippen LogP contribution is -2.22. The number of rotatable bonds is 17. The molecule has 0 spiro atoms. The average Bonchev–Trinajstić information content (AvgIpc) is 2.82. The van der Waals surface area contributed by atoms with Gasteiger partial charge in [0.05, 0.1) is 12.0 Å². The number of hydrogen-bond donors (Lipinski definition) is 0. The monoisotopic (exact) mass is 526 g/mol. The highest BCUT2D eigenvalue weighted by atomic mass is 16.5. The first-order valence-electron chi connectivity index (χ1n) is 14.4. The molecule has 0 radical (unpaired) electrons. The SMILES string of the molecule is CCCCCCCCCCOc1c(OC/C=C(\C)CCC=C(C)C)c2ccc(OC(C)(C)C)cc2oc1=O. The van der Waals surface area contributed by atoms with E-state index in [2.05, 4.69) is 39.8 Å². The Morgan fingerprint density at radius 1 is 0.895 bits per heavy atom. The number of hydrogen-bond acceptors (Lipinski definition) is 5. The number of fused-ring (bicyclic) bond motifs is 1. The second kappa shape index (κ2) is 16.3. The van der Waals surface area contributed by atoms with Crippen LogP contribution in [0.4, 0.5) is 0 Å². The smallest absolute Gasteiger partial charge is 0.383 e. The first-order valence-corrected chi connectivity index (χ1v) is 14.4.